The molecular formula is C9H11NO4S2. The number of aryl methyl sites for hydroxylation is 1. The van der Waals surface area contributed by atoms with Crippen molar-refractivity contribution in [2.75, 3.05) is 0 Å². The normalized spacial score (nSPS) is 12.3. The van der Waals surface area contributed by atoms with Gasteiger partial charge < -0.3 is 10.2 Å². The Hall–Kier alpha value is -1.08. The van der Waals surface area contributed by atoms with E-state index in [0.717, 1.165) is 22.5 Å². The van der Waals surface area contributed by atoms with Crippen molar-refractivity contribution in [1.29, 1.82) is 0 Å². The van der Waals surface area contributed by atoms with Crippen LogP contribution in [0.15, 0.2) is 5.38 Å². The Bertz CT molecular complexity index is 391. The van der Waals surface area contributed by atoms with Gasteiger partial charge in [0, 0.05) is 11.1 Å². The summed E-state index contributed by atoms with van der Waals surface area (Å²) in [5.74, 6) is -1.78. The molecule has 88 valence electrons. The molecule has 0 spiro atoms. The van der Waals surface area contributed by atoms with Gasteiger partial charge in [0.05, 0.1) is 17.1 Å². The molecule has 0 fully saturated rings. The Morgan fingerprint density at radius 3 is 2.69 bits per heavy atom. The van der Waals surface area contributed by atoms with Crippen LogP contribution in [0, 0.1) is 6.92 Å². The lowest BCUT2D eigenvalue weighted by atomic mass is 10.3. The van der Waals surface area contributed by atoms with Crippen molar-refractivity contribution in [1.82, 2.24) is 4.98 Å². The monoisotopic (exact) mass is 261 g/mol. The van der Waals surface area contributed by atoms with Crippen LogP contribution in [0.2, 0.25) is 0 Å². The number of aromatic nitrogens is 1. The first-order valence-corrected chi connectivity index (χ1v) is 6.39. The molecule has 1 aromatic heterocycles. The topological polar surface area (TPSA) is 87.5 Å². The zero-order chi connectivity index (χ0) is 12.1. The summed E-state index contributed by atoms with van der Waals surface area (Å²) in [6, 6.07) is 0. The van der Waals surface area contributed by atoms with Gasteiger partial charge in [-0.25, -0.2) is 4.98 Å². The van der Waals surface area contributed by atoms with Crippen LogP contribution in [0.25, 0.3) is 0 Å². The molecule has 0 aliphatic heterocycles. The second-order valence-corrected chi connectivity index (χ2v) is 5.35. The molecule has 0 aromatic carbocycles. The highest BCUT2D eigenvalue weighted by atomic mass is 32.2. The molecule has 1 aromatic rings. The van der Waals surface area contributed by atoms with E-state index in [1.807, 2.05) is 12.3 Å². The van der Waals surface area contributed by atoms with Crippen molar-refractivity contribution in [2.45, 2.75) is 24.3 Å². The van der Waals surface area contributed by atoms with Crippen molar-refractivity contribution >= 4 is 35.0 Å². The maximum atomic E-state index is 10.8. The zero-order valence-electron chi connectivity index (χ0n) is 8.54. The van der Waals surface area contributed by atoms with E-state index in [4.69, 9.17) is 10.2 Å². The second-order valence-electron chi connectivity index (χ2n) is 3.09. The standard InChI is InChI=1S/C9H11NO4S2/c1-5-10-6(3-15-5)4-16-7(9(13)14)2-8(11)12/h3,7H,2,4H2,1H3,(H,11,12)(H,13,14)/t7-/m0/s1. The molecule has 0 saturated heterocycles. The zero-order valence-corrected chi connectivity index (χ0v) is 10.2. The summed E-state index contributed by atoms with van der Waals surface area (Å²) in [6.45, 7) is 1.87. The third-order valence-electron chi connectivity index (χ3n) is 1.73. The van der Waals surface area contributed by atoms with Gasteiger partial charge in [0.25, 0.3) is 0 Å². The number of rotatable bonds is 6. The highest BCUT2D eigenvalue weighted by Gasteiger charge is 2.21. The summed E-state index contributed by atoms with van der Waals surface area (Å²) in [5, 5.41) is 19.2. The van der Waals surface area contributed by atoms with Gasteiger partial charge in [-0.2, -0.15) is 0 Å². The second kappa shape index (κ2) is 5.86. The Balaban J connectivity index is 2.50. The van der Waals surface area contributed by atoms with Gasteiger partial charge in [-0.05, 0) is 6.92 Å². The molecule has 0 saturated carbocycles. The van der Waals surface area contributed by atoms with E-state index in [-0.39, 0.29) is 6.42 Å². The lowest BCUT2D eigenvalue weighted by molar-refractivity contribution is -0.142. The van der Waals surface area contributed by atoms with Crippen molar-refractivity contribution in [2.24, 2.45) is 0 Å². The van der Waals surface area contributed by atoms with Crippen LogP contribution in [-0.2, 0) is 15.3 Å². The summed E-state index contributed by atoms with van der Waals surface area (Å²) in [4.78, 5) is 25.4. The number of aliphatic carboxylic acids is 2. The van der Waals surface area contributed by atoms with Crippen LogP contribution in [0.3, 0.4) is 0 Å². The summed E-state index contributed by atoms with van der Waals surface area (Å²) in [7, 11) is 0. The van der Waals surface area contributed by atoms with E-state index in [1.165, 1.54) is 11.3 Å². The van der Waals surface area contributed by atoms with Gasteiger partial charge in [0.1, 0.15) is 5.25 Å². The number of nitrogens with zero attached hydrogens (tertiary/aromatic N) is 1. The summed E-state index contributed by atoms with van der Waals surface area (Å²) in [6.07, 6.45) is -0.372. The van der Waals surface area contributed by atoms with Crippen LogP contribution >= 0.6 is 23.1 Å². The maximum Gasteiger partial charge on any atom is 0.317 e. The van der Waals surface area contributed by atoms with Crippen LogP contribution < -0.4 is 0 Å². The number of thioether (sulfide) groups is 1. The van der Waals surface area contributed by atoms with Crippen LogP contribution in [0.5, 0.6) is 0 Å². The number of hydrogen-bond acceptors (Lipinski definition) is 5. The molecule has 2 N–H and O–H groups in total. The maximum absolute atomic E-state index is 10.8. The largest absolute Gasteiger partial charge is 0.481 e. The Morgan fingerprint density at radius 2 is 2.25 bits per heavy atom. The summed E-state index contributed by atoms with van der Waals surface area (Å²) in [5.41, 5.74) is 0.795. The molecule has 0 radical (unpaired) electrons. The fourth-order valence-electron chi connectivity index (χ4n) is 1.04. The lowest BCUT2D eigenvalue weighted by Crippen LogP contribution is -2.20. The molecule has 1 heterocycles. The van der Waals surface area contributed by atoms with E-state index >= 15 is 0 Å². The van der Waals surface area contributed by atoms with Crippen molar-refractivity contribution < 1.29 is 19.8 Å². The van der Waals surface area contributed by atoms with Crippen molar-refractivity contribution in [3.05, 3.63) is 16.1 Å². The molecule has 16 heavy (non-hydrogen) atoms. The predicted octanol–water partition coefficient (Wildman–Crippen LogP) is 1.61. The average molecular weight is 261 g/mol. The number of carboxylic acids is 2. The van der Waals surface area contributed by atoms with Crippen LogP contribution in [0.1, 0.15) is 17.1 Å². The van der Waals surface area contributed by atoms with Crippen molar-refractivity contribution in [3.63, 3.8) is 0 Å². The van der Waals surface area contributed by atoms with Gasteiger partial charge in [-0.15, -0.1) is 23.1 Å². The number of hydrogen-bond donors (Lipinski definition) is 2. The Kier molecular flexibility index (Phi) is 4.75. The minimum Gasteiger partial charge on any atom is -0.481 e. The van der Waals surface area contributed by atoms with Gasteiger partial charge in [0.2, 0.25) is 0 Å². The quantitative estimate of drug-likeness (QED) is 0.809. The summed E-state index contributed by atoms with van der Waals surface area (Å²) < 4.78 is 0. The van der Waals surface area contributed by atoms with Gasteiger partial charge in [0.15, 0.2) is 0 Å². The third kappa shape index (κ3) is 4.19. The fourth-order valence-corrected chi connectivity index (χ4v) is 2.68. The molecule has 0 unspecified atom stereocenters. The van der Waals surface area contributed by atoms with E-state index in [2.05, 4.69) is 4.98 Å². The first-order valence-electron chi connectivity index (χ1n) is 4.46. The van der Waals surface area contributed by atoms with E-state index in [9.17, 15) is 9.59 Å². The molecule has 1 rings (SSSR count). The molecule has 7 heteroatoms. The van der Waals surface area contributed by atoms with Crippen LogP contribution in [-0.4, -0.2) is 32.4 Å². The van der Waals surface area contributed by atoms with Gasteiger partial charge in [-0.3, -0.25) is 9.59 Å². The minimum atomic E-state index is -1.10. The molecule has 0 aliphatic carbocycles. The van der Waals surface area contributed by atoms with E-state index < -0.39 is 17.2 Å². The molecule has 1 atom stereocenters. The molecule has 0 aliphatic rings. The van der Waals surface area contributed by atoms with Crippen LogP contribution in [0.4, 0.5) is 0 Å². The summed E-state index contributed by atoms with van der Waals surface area (Å²) >= 11 is 2.58. The Labute approximate surface area is 101 Å². The fraction of sp³-hybridized carbons (Fsp3) is 0.444. The molecular weight excluding hydrogens is 250 g/mol. The first-order chi connectivity index (χ1) is 7.49. The lowest BCUT2D eigenvalue weighted by Gasteiger charge is -2.07. The number of thiazole rings is 1. The SMILES string of the molecule is Cc1nc(CS[C@@H](CC(=O)O)C(=O)O)cs1. The minimum absolute atomic E-state index is 0.372. The smallest absolute Gasteiger partial charge is 0.317 e. The van der Waals surface area contributed by atoms with Crippen molar-refractivity contribution in [3.8, 4) is 0 Å². The van der Waals surface area contributed by atoms with E-state index in [1.54, 1.807) is 0 Å². The van der Waals surface area contributed by atoms with Gasteiger partial charge >= 0.3 is 11.9 Å². The molecule has 0 bridgehead atoms. The Morgan fingerprint density at radius 1 is 1.56 bits per heavy atom. The highest BCUT2D eigenvalue weighted by molar-refractivity contribution is 7.99. The number of carbonyl (C=O) groups is 2. The van der Waals surface area contributed by atoms with Gasteiger partial charge in [-0.1, -0.05) is 0 Å². The molecule has 0 amide bonds. The highest BCUT2D eigenvalue weighted by Crippen LogP contribution is 2.21. The van der Waals surface area contributed by atoms with E-state index in [0.29, 0.717) is 5.75 Å². The molecule has 5 nitrogen and oxygen atoms in total. The predicted molar refractivity (Wildman–Crippen MR) is 61.8 cm³/mol. The number of carboxylic acid groups (broad SMARTS) is 2. The third-order valence-corrected chi connectivity index (χ3v) is 3.79. The first kappa shape index (κ1) is 13.0. The average Bonchev–Trinajstić information content (AvgIpc) is 2.58.